The first-order chi connectivity index (χ1) is 13.0. The van der Waals surface area contributed by atoms with Gasteiger partial charge in [0, 0.05) is 6.04 Å². The van der Waals surface area contributed by atoms with Crippen molar-refractivity contribution in [3.8, 4) is 0 Å². The third-order valence-electron chi connectivity index (χ3n) is 5.16. The molecule has 160 valence electrons. The van der Waals surface area contributed by atoms with Crippen LogP contribution in [0.3, 0.4) is 0 Å². The molecule has 1 saturated carbocycles. The number of carboxylic acid groups (broad SMARTS) is 1. The minimum Gasteiger partial charge on any atom is -0.480 e. The summed E-state index contributed by atoms with van der Waals surface area (Å²) in [5.41, 5.74) is 5.43. The summed E-state index contributed by atoms with van der Waals surface area (Å²) in [5, 5.41) is 24.6. The Hall–Kier alpha value is -2.20. The van der Waals surface area contributed by atoms with Crippen LogP contribution < -0.4 is 16.4 Å². The first-order valence-electron chi connectivity index (χ1n) is 9.38. The lowest BCUT2D eigenvalue weighted by molar-refractivity contribution is -0.156. The van der Waals surface area contributed by atoms with E-state index < -0.39 is 47.9 Å². The number of hydrogen-bond acceptors (Lipinski definition) is 7. The molecule has 1 aliphatic carbocycles. The van der Waals surface area contributed by atoms with Crippen molar-refractivity contribution in [3.05, 3.63) is 0 Å². The molecule has 10 heteroatoms. The van der Waals surface area contributed by atoms with Crippen molar-refractivity contribution in [2.45, 2.75) is 64.3 Å². The number of amides is 2. The van der Waals surface area contributed by atoms with Crippen LogP contribution in [-0.4, -0.2) is 65.3 Å². The Bertz CT molecular complexity index is 596. The summed E-state index contributed by atoms with van der Waals surface area (Å²) in [6, 6.07) is -2.27. The van der Waals surface area contributed by atoms with Crippen LogP contribution in [-0.2, 0) is 23.9 Å². The maximum Gasteiger partial charge on any atom is 0.326 e. The number of ether oxygens (including phenoxy) is 1. The standard InChI is InChI=1S/C18H31N3O7/c1-5-8(2)13(18(27)28-4)14(22)16(24)20-11-6-10(11)7-12(17(25)26)21-15(23)9(3)19/h8-14,22H,5-7,19H2,1-4H3,(H,20,24)(H,21,23)(H,25,26)/t8-,9-,10+,11?,12-,13-,14+/m0/s1. The molecule has 0 spiro atoms. The molecule has 6 N–H and O–H groups in total. The summed E-state index contributed by atoms with van der Waals surface area (Å²) >= 11 is 0. The molecule has 28 heavy (non-hydrogen) atoms. The summed E-state index contributed by atoms with van der Waals surface area (Å²) in [6.45, 7) is 5.03. The van der Waals surface area contributed by atoms with Crippen molar-refractivity contribution in [2.75, 3.05) is 7.11 Å². The van der Waals surface area contributed by atoms with Gasteiger partial charge in [0.15, 0.2) is 0 Å². The van der Waals surface area contributed by atoms with Crippen LogP contribution in [0.25, 0.3) is 0 Å². The van der Waals surface area contributed by atoms with Gasteiger partial charge in [0.25, 0.3) is 0 Å². The topological polar surface area (TPSA) is 168 Å². The van der Waals surface area contributed by atoms with E-state index in [1.165, 1.54) is 14.0 Å². The summed E-state index contributed by atoms with van der Waals surface area (Å²) in [6.07, 6.45) is -0.338. The highest BCUT2D eigenvalue weighted by Crippen LogP contribution is 2.35. The normalized spacial score (nSPS) is 23.5. The third-order valence-corrected chi connectivity index (χ3v) is 5.16. The number of rotatable bonds is 11. The average molecular weight is 401 g/mol. The van der Waals surface area contributed by atoms with Gasteiger partial charge < -0.3 is 31.3 Å². The number of aliphatic hydroxyl groups excluding tert-OH is 1. The zero-order valence-corrected chi connectivity index (χ0v) is 16.7. The van der Waals surface area contributed by atoms with E-state index >= 15 is 0 Å². The van der Waals surface area contributed by atoms with E-state index in [-0.39, 0.29) is 24.3 Å². The zero-order chi connectivity index (χ0) is 21.6. The molecule has 1 unspecified atom stereocenters. The van der Waals surface area contributed by atoms with Gasteiger partial charge in [-0.05, 0) is 31.6 Å². The van der Waals surface area contributed by atoms with Crippen molar-refractivity contribution < 1.29 is 34.1 Å². The van der Waals surface area contributed by atoms with Gasteiger partial charge in [-0.2, -0.15) is 0 Å². The van der Waals surface area contributed by atoms with Gasteiger partial charge in [0.1, 0.15) is 12.1 Å². The summed E-state index contributed by atoms with van der Waals surface area (Å²) in [5.74, 6) is -4.51. The van der Waals surface area contributed by atoms with Crippen molar-refractivity contribution in [1.82, 2.24) is 10.6 Å². The fraction of sp³-hybridized carbons (Fsp3) is 0.778. The lowest BCUT2D eigenvalue weighted by Gasteiger charge is -2.25. The Morgan fingerprint density at radius 2 is 1.82 bits per heavy atom. The van der Waals surface area contributed by atoms with Crippen molar-refractivity contribution in [3.63, 3.8) is 0 Å². The number of methoxy groups -OCH3 is 1. The molecule has 0 saturated heterocycles. The summed E-state index contributed by atoms with van der Waals surface area (Å²) in [4.78, 5) is 47.2. The van der Waals surface area contributed by atoms with Gasteiger partial charge >= 0.3 is 11.9 Å². The van der Waals surface area contributed by atoms with E-state index in [0.717, 1.165) is 0 Å². The van der Waals surface area contributed by atoms with Crippen molar-refractivity contribution in [2.24, 2.45) is 23.5 Å². The molecule has 10 nitrogen and oxygen atoms in total. The largest absolute Gasteiger partial charge is 0.480 e. The van der Waals surface area contributed by atoms with E-state index in [1.54, 1.807) is 6.92 Å². The zero-order valence-electron chi connectivity index (χ0n) is 16.7. The van der Waals surface area contributed by atoms with Crippen molar-refractivity contribution >= 4 is 23.8 Å². The highest BCUT2D eigenvalue weighted by Gasteiger charge is 2.44. The lowest BCUT2D eigenvalue weighted by Crippen LogP contribution is -2.48. The molecule has 0 aromatic heterocycles. The number of nitrogens with two attached hydrogens (primary N) is 1. The summed E-state index contributed by atoms with van der Waals surface area (Å²) < 4.78 is 4.69. The van der Waals surface area contributed by atoms with Gasteiger partial charge in [-0.25, -0.2) is 4.79 Å². The first kappa shape index (κ1) is 23.8. The van der Waals surface area contributed by atoms with Gasteiger partial charge in [-0.1, -0.05) is 20.3 Å². The van der Waals surface area contributed by atoms with Gasteiger partial charge in [0.2, 0.25) is 11.8 Å². The predicted octanol–water partition coefficient (Wildman–Crippen LogP) is -1.01. The summed E-state index contributed by atoms with van der Waals surface area (Å²) in [7, 11) is 1.20. The Balaban J connectivity index is 2.63. The number of carbonyl (C=O) groups excluding carboxylic acids is 3. The van der Waals surface area contributed by atoms with Crippen LogP contribution in [0, 0.1) is 17.8 Å². The smallest absolute Gasteiger partial charge is 0.326 e. The molecule has 0 heterocycles. The number of carboxylic acids is 1. The number of carbonyl (C=O) groups is 4. The van der Waals surface area contributed by atoms with Gasteiger partial charge in [-0.3, -0.25) is 14.4 Å². The molecule has 0 aliphatic heterocycles. The minimum absolute atomic E-state index is 0.126. The van der Waals surface area contributed by atoms with E-state index in [4.69, 9.17) is 5.73 Å². The highest BCUT2D eigenvalue weighted by molar-refractivity contribution is 5.88. The Labute approximate surface area is 164 Å². The number of hydrogen-bond donors (Lipinski definition) is 5. The number of esters is 1. The molecule has 7 atom stereocenters. The maximum atomic E-state index is 12.3. The van der Waals surface area contributed by atoms with Crippen LogP contribution in [0.2, 0.25) is 0 Å². The number of aliphatic hydroxyl groups is 1. The number of nitrogens with one attached hydrogen (secondary N) is 2. The second-order valence-corrected chi connectivity index (χ2v) is 7.41. The molecular formula is C18H31N3O7. The maximum absolute atomic E-state index is 12.3. The molecule has 0 aromatic carbocycles. The molecule has 1 aliphatic rings. The molecule has 1 rings (SSSR count). The third kappa shape index (κ3) is 6.45. The molecular weight excluding hydrogens is 370 g/mol. The monoisotopic (exact) mass is 401 g/mol. The molecule has 0 bridgehead atoms. The molecule has 1 fully saturated rings. The van der Waals surface area contributed by atoms with Crippen LogP contribution >= 0.6 is 0 Å². The van der Waals surface area contributed by atoms with Crippen molar-refractivity contribution in [1.29, 1.82) is 0 Å². The Morgan fingerprint density at radius 1 is 1.21 bits per heavy atom. The highest BCUT2D eigenvalue weighted by atomic mass is 16.5. The molecule has 2 amide bonds. The van der Waals surface area contributed by atoms with Gasteiger partial charge in [-0.15, -0.1) is 0 Å². The fourth-order valence-electron chi connectivity index (χ4n) is 3.01. The predicted molar refractivity (Wildman–Crippen MR) is 98.8 cm³/mol. The average Bonchev–Trinajstić information content (AvgIpc) is 3.37. The quantitative estimate of drug-likeness (QED) is 0.274. The Kier molecular flexibility index (Phi) is 8.83. The van der Waals surface area contributed by atoms with E-state index in [2.05, 4.69) is 15.4 Å². The van der Waals surface area contributed by atoms with E-state index in [9.17, 15) is 29.4 Å². The van der Waals surface area contributed by atoms with E-state index in [0.29, 0.717) is 12.8 Å². The second-order valence-electron chi connectivity index (χ2n) is 7.41. The van der Waals surface area contributed by atoms with Gasteiger partial charge in [0.05, 0.1) is 19.1 Å². The Morgan fingerprint density at radius 3 is 2.29 bits per heavy atom. The first-order valence-corrected chi connectivity index (χ1v) is 9.38. The molecule has 0 aromatic rings. The SMILES string of the molecule is CC[C@H](C)[C@H](C(=O)OC)[C@@H](O)C(=O)NC1C[C@@H]1C[C@H](NC(=O)[C@H](C)N)C(=O)O. The fourth-order valence-corrected chi connectivity index (χ4v) is 3.01. The van der Waals surface area contributed by atoms with E-state index in [1.807, 2.05) is 6.92 Å². The van der Waals surface area contributed by atoms with Crippen LogP contribution in [0.1, 0.15) is 40.0 Å². The van der Waals surface area contributed by atoms with Crippen LogP contribution in [0.5, 0.6) is 0 Å². The second kappa shape index (κ2) is 10.4. The van der Waals surface area contributed by atoms with Crippen LogP contribution in [0.15, 0.2) is 0 Å². The molecule has 0 radical (unpaired) electrons. The lowest BCUT2D eigenvalue weighted by atomic mass is 9.86. The van der Waals surface area contributed by atoms with Crippen LogP contribution in [0.4, 0.5) is 0 Å². The number of aliphatic carboxylic acids is 1. The minimum atomic E-state index is -1.56.